The maximum atomic E-state index is 9.03. The molecule has 1 heteroatoms. The van der Waals surface area contributed by atoms with Crippen molar-refractivity contribution in [2.24, 2.45) is 0 Å². The van der Waals surface area contributed by atoms with Crippen molar-refractivity contribution in [3.8, 4) is 11.8 Å². The van der Waals surface area contributed by atoms with Crippen LogP contribution >= 0.6 is 0 Å². The lowest BCUT2D eigenvalue weighted by Crippen LogP contribution is -2.02. The molecular weight excluding hydrogens is 244 g/mol. The molecule has 2 aromatic rings. The minimum atomic E-state index is -0.104. The number of fused-ring (bicyclic) bond motifs is 2. The number of hydrogen-bond donors (Lipinski definition) is 1. The first kappa shape index (κ1) is 12.7. The molecule has 0 aliphatic heterocycles. The normalized spacial score (nSPS) is 15.6. The molecule has 98 valence electrons. The van der Waals surface area contributed by atoms with E-state index in [1.165, 1.54) is 27.8 Å². The standard InChI is InChI=1S/C19H16O/c1-14-8-9-16-11-10-15-5-2-3-6-17(15)18(7-4-12-20)19(16)13-14/h2-3,5-6,8-11,13,18,20H,12H2,1H3. The molecule has 1 atom stereocenters. The summed E-state index contributed by atoms with van der Waals surface area (Å²) in [5.74, 6) is 6.05. The number of aryl methyl sites for hydroxylation is 1. The van der Waals surface area contributed by atoms with Crippen molar-refractivity contribution in [3.05, 3.63) is 70.3 Å². The Labute approximate surface area is 119 Å². The van der Waals surface area contributed by atoms with Crippen LogP contribution < -0.4 is 0 Å². The summed E-state index contributed by atoms with van der Waals surface area (Å²) in [5.41, 5.74) is 6.04. The van der Waals surface area contributed by atoms with Gasteiger partial charge in [0.05, 0.1) is 5.92 Å². The van der Waals surface area contributed by atoms with E-state index in [0.717, 1.165) is 0 Å². The van der Waals surface area contributed by atoms with Crippen LogP contribution in [0.2, 0.25) is 0 Å². The van der Waals surface area contributed by atoms with E-state index in [9.17, 15) is 0 Å². The van der Waals surface area contributed by atoms with Crippen molar-refractivity contribution in [1.82, 2.24) is 0 Å². The van der Waals surface area contributed by atoms with Crippen LogP contribution in [0.4, 0.5) is 0 Å². The highest BCUT2D eigenvalue weighted by Crippen LogP contribution is 2.34. The van der Waals surface area contributed by atoms with Gasteiger partial charge in [-0.05, 0) is 29.2 Å². The smallest absolute Gasteiger partial charge is 0.104 e. The molecule has 0 bridgehead atoms. The lowest BCUT2D eigenvalue weighted by molar-refractivity contribution is 0.350. The number of hydrogen-bond acceptors (Lipinski definition) is 1. The molecule has 0 aromatic heterocycles. The van der Waals surface area contributed by atoms with E-state index in [0.29, 0.717) is 0 Å². The fourth-order valence-electron chi connectivity index (χ4n) is 2.67. The highest BCUT2D eigenvalue weighted by Gasteiger charge is 2.19. The van der Waals surface area contributed by atoms with Gasteiger partial charge in [-0.1, -0.05) is 72.0 Å². The van der Waals surface area contributed by atoms with Gasteiger partial charge in [-0.25, -0.2) is 0 Å². The van der Waals surface area contributed by atoms with E-state index in [1.807, 2.05) is 12.1 Å². The highest BCUT2D eigenvalue weighted by molar-refractivity contribution is 5.77. The van der Waals surface area contributed by atoms with Gasteiger partial charge in [0.2, 0.25) is 0 Å². The molecular formula is C19H16O. The second-order valence-electron chi connectivity index (χ2n) is 5.01. The SMILES string of the molecule is Cc1ccc2c(c1)C(C#CCO)c1ccccc1C=C2. The topological polar surface area (TPSA) is 20.2 Å². The summed E-state index contributed by atoms with van der Waals surface area (Å²) in [7, 11) is 0. The first-order chi connectivity index (χ1) is 9.79. The molecule has 1 unspecified atom stereocenters. The van der Waals surface area contributed by atoms with Gasteiger partial charge in [-0.3, -0.25) is 0 Å². The predicted molar refractivity (Wildman–Crippen MR) is 83.3 cm³/mol. The highest BCUT2D eigenvalue weighted by atomic mass is 16.2. The first-order valence-corrected chi connectivity index (χ1v) is 6.76. The molecule has 0 saturated carbocycles. The zero-order valence-corrected chi connectivity index (χ0v) is 11.4. The Hall–Kier alpha value is -2.30. The van der Waals surface area contributed by atoms with Crippen LogP contribution in [0.5, 0.6) is 0 Å². The van der Waals surface area contributed by atoms with Crippen LogP contribution in [0.25, 0.3) is 12.2 Å². The van der Waals surface area contributed by atoms with Crippen molar-refractivity contribution in [2.75, 3.05) is 6.61 Å². The Morgan fingerprint density at radius 3 is 2.55 bits per heavy atom. The van der Waals surface area contributed by atoms with Crippen molar-refractivity contribution in [2.45, 2.75) is 12.8 Å². The van der Waals surface area contributed by atoms with Crippen LogP contribution in [0.3, 0.4) is 0 Å². The Morgan fingerprint density at radius 1 is 1.00 bits per heavy atom. The maximum absolute atomic E-state index is 9.03. The van der Waals surface area contributed by atoms with Gasteiger partial charge in [0, 0.05) is 0 Å². The van der Waals surface area contributed by atoms with Gasteiger partial charge in [-0.2, -0.15) is 0 Å². The number of benzene rings is 2. The fourth-order valence-corrected chi connectivity index (χ4v) is 2.67. The molecule has 0 amide bonds. The maximum Gasteiger partial charge on any atom is 0.104 e. The molecule has 1 aliphatic carbocycles. The van der Waals surface area contributed by atoms with E-state index in [1.54, 1.807) is 0 Å². The largest absolute Gasteiger partial charge is 0.384 e. The third kappa shape index (κ3) is 2.27. The second kappa shape index (κ2) is 5.36. The molecule has 2 aromatic carbocycles. The van der Waals surface area contributed by atoms with Crippen LogP contribution in [0, 0.1) is 18.8 Å². The molecule has 0 spiro atoms. The van der Waals surface area contributed by atoms with Gasteiger partial charge in [0.1, 0.15) is 6.61 Å². The van der Waals surface area contributed by atoms with Gasteiger partial charge in [-0.15, -0.1) is 0 Å². The Balaban J connectivity index is 2.26. The molecule has 0 saturated heterocycles. The van der Waals surface area contributed by atoms with Crippen LogP contribution in [-0.2, 0) is 0 Å². The summed E-state index contributed by atoms with van der Waals surface area (Å²) in [6.07, 6.45) is 4.29. The first-order valence-electron chi connectivity index (χ1n) is 6.76. The number of aliphatic hydroxyl groups excluding tert-OH is 1. The Bertz CT molecular complexity index is 729. The minimum Gasteiger partial charge on any atom is -0.384 e. The molecule has 20 heavy (non-hydrogen) atoms. The predicted octanol–water partition coefficient (Wildman–Crippen LogP) is 3.61. The van der Waals surface area contributed by atoms with Gasteiger partial charge < -0.3 is 5.11 Å². The molecule has 1 aliphatic rings. The van der Waals surface area contributed by atoms with Crippen molar-refractivity contribution in [3.63, 3.8) is 0 Å². The monoisotopic (exact) mass is 260 g/mol. The molecule has 0 fully saturated rings. The average molecular weight is 260 g/mol. The van der Waals surface area contributed by atoms with Gasteiger partial charge in [0.25, 0.3) is 0 Å². The number of rotatable bonds is 0. The molecule has 1 N–H and O–H groups in total. The quantitative estimate of drug-likeness (QED) is 0.717. The summed E-state index contributed by atoms with van der Waals surface area (Å²) in [5, 5.41) is 9.03. The zero-order valence-electron chi connectivity index (χ0n) is 11.4. The van der Waals surface area contributed by atoms with E-state index in [-0.39, 0.29) is 12.5 Å². The van der Waals surface area contributed by atoms with E-state index in [4.69, 9.17) is 5.11 Å². The fraction of sp³-hybridized carbons (Fsp3) is 0.158. The van der Waals surface area contributed by atoms with Crippen LogP contribution in [-0.4, -0.2) is 11.7 Å². The number of aliphatic hydroxyl groups is 1. The van der Waals surface area contributed by atoms with E-state index >= 15 is 0 Å². The Kier molecular flexibility index (Phi) is 3.41. The van der Waals surface area contributed by atoms with Gasteiger partial charge >= 0.3 is 0 Å². The van der Waals surface area contributed by atoms with E-state index in [2.05, 4.69) is 61.2 Å². The lowest BCUT2D eigenvalue weighted by Gasteiger charge is -2.15. The summed E-state index contributed by atoms with van der Waals surface area (Å²) in [6, 6.07) is 14.8. The summed E-state index contributed by atoms with van der Waals surface area (Å²) < 4.78 is 0. The van der Waals surface area contributed by atoms with E-state index < -0.39 is 0 Å². The van der Waals surface area contributed by atoms with Crippen LogP contribution in [0.15, 0.2) is 42.5 Å². The lowest BCUT2D eigenvalue weighted by atomic mass is 9.87. The van der Waals surface area contributed by atoms with Gasteiger partial charge in [0.15, 0.2) is 0 Å². The summed E-state index contributed by atoms with van der Waals surface area (Å²) >= 11 is 0. The molecule has 1 nitrogen and oxygen atoms in total. The summed E-state index contributed by atoms with van der Waals surface area (Å²) in [6.45, 7) is 1.99. The van der Waals surface area contributed by atoms with Crippen molar-refractivity contribution in [1.29, 1.82) is 0 Å². The second-order valence-corrected chi connectivity index (χ2v) is 5.01. The Morgan fingerprint density at radius 2 is 1.75 bits per heavy atom. The summed E-state index contributed by atoms with van der Waals surface area (Å²) in [4.78, 5) is 0. The van der Waals surface area contributed by atoms with Crippen molar-refractivity contribution < 1.29 is 5.11 Å². The van der Waals surface area contributed by atoms with Crippen molar-refractivity contribution >= 4 is 12.2 Å². The average Bonchev–Trinajstić information content (AvgIpc) is 2.62. The third-order valence-corrected chi connectivity index (χ3v) is 3.63. The molecule has 0 heterocycles. The minimum absolute atomic E-state index is 0.0169. The molecule has 0 radical (unpaired) electrons. The third-order valence-electron chi connectivity index (χ3n) is 3.63. The van der Waals surface area contributed by atoms with Crippen LogP contribution in [0.1, 0.15) is 33.7 Å². The molecule has 3 rings (SSSR count). The zero-order chi connectivity index (χ0) is 13.9.